The Hall–Kier alpha value is -1.43. The number of benzene rings is 1. The molecule has 1 aromatic rings. The number of hydrogen-bond acceptors (Lipinski definition) is 4. The van der Waals surface area contributed by atoms with Crippen LogP contribution < -0.4 is 5.32 Å². The number of rotatable bonds is 5. The lowest BCUT2D eigenvalue weighted by Gasteiger charge is -2.25. The normalized spacial score (nSPS) is 20.2. The van der Waals surface area contributed by atoms with Crippen LogP contribution in [0.1, 0.15) is 18.4 Å². The molecule has 1 amide bonds. The summed E-state index contributed by atoms with van der Waals surface area (Å²) in [6.07, 6.45) is 2.60. The van der Waals surface area contributed by atoms with Gasteiger partial charge < -0.3 is 10.1 Å². The number of nitrogens with zero attached hydrogens (tertiary/aromatic N) is 2. The van der Waals surface area contributed by atoms with E-state index in [1.807, 2.05) is 12.1 Å². The van der Waals surface area contributed by atoms with Gasteiger partial charge in [0, 0.05) is 25.3 Å². The number of anilines is 1. The molecular formula is C17H25N3O2. The highest BCUT2D eigenvalue weighted by Crippen LogP contribution is 2.16. The number of carbonyl (C=O) groups is 1. The second-order valence-corrected chi connectivity index (χ2v) is 6.12. The van der Waals surface area contributed by atoms with Gasteiger partial charge in [-0.3, -0.25) is 14.6 Å². The van der Waals surface area contributed by atoms with Gasteiger partial charge in [-0.25, -0.2) is 0 Å². The first kappa shape index (κ1) is 15.5. The molecule has 1 aromatic carbocycles. The fourth-order valence-electron chi connectivity index (χ4n) is 3.11. The maximum Gasteiger partial charge on any atom is 0.238 e. The van der Waals surface area contributed by atoms with E-state index in [2.05, 4.69) is 27.2 Å². The number of ether oxygens (including phenoxy) is 1. The quantitative estimate of drug-likeness (QED) is 0.896. The second-order valence-electron chi connectivity index (χ2n) is 6.12. The van der Waals surface area contributed by atoms with E-state index in [1.54, 1.807) is 0 Å². The van der Waals surface area contributed by atoms with E-state index in [0.717, 1.165) is 38.5 Å². The van der Waals surface area contributed by atoms with Gasteiger partial charge in [0.1, 0.15) is 0 Å². The summed E-state index contributed by atoms with van der Waals surface area (Å²) in [4.78, 5) is 16.7. The van der Waals surface area contributed by atoms with Crippen molar-refractivity contribution in [1.82, 2.24) is 9.80 Å². The van der Waals surface area contributed by atoms with Gasteiger partial charge in [0.15, 0.2) is 0 Å². The van der Waals surface area contributed by atoms with Crippen molar-refractivity contribution in [2.24, 2.45) is 0 Å². The Bertz CT molecular complexity index is 494. The molecule has 120 valence electrons. The molecule has 3 rings (SSSR count). The Kier molecular flexibility index (Phi) is 5.43. The smallest absolute Gasteiger partial charge is 0.238 e. The fourth-order valence-corrected chi connectivity index (χ4v) is 3.11. The van der Waals surface area contributed by atoms with Gasteiger partial charge in [0.2, 0.25) is 5.91 Å². The predicted molar refractivity (Wildman–Crippen MR) is 86.8 cm³/mol. The number of morpholine rings is 1. The summed E-state index contributed by atoms with van der Waals surface area (Å²) < 4.78 is 5.30. The van der Waals surface area contributed by atoms with E-state index in [-0.39, 0.29) is 5.91 Å². The minimum Gasteiger partial charge on any atom is -0.379 e. The molecule has 5 heteroatoms. The van der Waals surface area contributed by atoms with Gasteiger partial charge >= 0.3 is 0 Å². The summed E-state index contributed by atoms with van der Waals surface area (Å²) in [5.41, 5.74) is 2.17. The average molecular weight is 303 g/mol. The zero-order valence-electron chi connectivity index (χ0n) is 13.1. The molecule has 0 saturated carbocycles. The van der Waals surface area contributed by atoms with E-state index in [4.69, 9.17) is 4.74 Å². The van der Waals surface area contributed by atoms with Crippen LogP contribution in [-0.2, 0) is 16.1 Å². The molecular weight excluding hydrogens is 278 g/mol. The molecule has 2 fully saturated rings. The average Bonchev–Trinajstić information content (AvgIpc) is 3.01. The van der Waals surface area contributed by atoms with Crippen LogP contribution in [0.5, 0.6) is 0 Å². The first-order valence-electron chi connectivity index (χ1n) is 8.21. The Morgan fingerprint density at radius 2 is 1.86 bits per heavy atom. The van der Waals surface area contributed by atoms with E-state index < -0.39 is 0 Å². The predicted octanol–water partition coefficient (Wildman–Crippen LogP) is 1.55. The van der Waals surface area contributed by atoms with E-state index >= 15 is 0 Å². The minimum absolute atomic E-state index is 0.0558. The first-order valence-corrected chi connectivity index (χ1v) is 8.21. The molecule has 0 bridgehead atoms. The standard InChI is InChI=1S/C17H25N3O2/c21-17(14-20-8-10-22-11-9-20)18-16-5-3-4-15(12-16)13-19-6-1-2-7-19/h3-5,12H,1-2,6-11,13-14H2,(H,18,21). The Labute approximate surface area is 132 Å². The first-order chi connectivity index (χ1) is 10.8. The Morgan fingerprint density at radius 3 is 2.64 bits per heavy atom. The monoisotopic (exact) mass is 303 g/mol. The number of nitrogens with one attached hydrogen (secondary N) is 1. The molecule has 0 aliphatic carbocycles. The van der Waals surface area contributed by atoms with Crippen molar-refractivity contribution in [2.45, 2.75) is 19.4 Å². The lowest BCUT2D eigenvalue weighted by molar-refractivity contribution is -0.118. The van der Waals surface area contributed by atoms with Crippen LogP contribution in [0.2, 0.25) is 0 Å². The SMILES string of the molecule is O=C(CN1CCOCC1)Nc1cccc(CN2CCCC2)c1. The highest BCUT2D eigenvalue weighted by molar-refractivity contribution is 5.92. The molecule has 5 nitrogen and oxygen atoms in total. The summed E-state index contributed by atoms with van der Waals surface area (Å²) in [5.74, 6) is 0.0558. The summed E-state index contributed by atoms with van der Waals surface area (Å²) in [6.45, 7) is 6.91. The van der Waals surface area contributed by atoms with Crippen molar-refractivity contribution < 1.29 is 9.53 Å². The van der Waals surface area contributed by atoms with Crippen molar-refractivity contribution in [3.05, 3.63) is 29.8 Å². The van der Waals surface area contributed by atoms with Crippen molar-refractivity contribution in [1.29, 1.82) is 0 Å². The molecule has 0 atom stereocenters. The van der Waals surface area contributed by atoms with Crippen LogP contribution in [0.25, 0.3) is 0 Å². The third kappa shape index (κ3) is 4.53. The van der Waals surface area contributed by atoms with Crippen LogP contribution in [-0.4, -0.2) is 61.6 Å². The number of likely N-dealkylation sites (tertiary alicyclic amines) is 1. The van der Waals surface area contributed by atoms with Gasteiger partial charge in [0.25, 0.3) is 0 Å². The van der Waals surface area contributed by atoms with Gasteiger partial charge in [-0.1, -0.05) is 12.1 Å². The number of amides is 1. The molecule has 2 heterocycles. The van der Waals surface area contributed by atoms with Crippen LogP contribution in [0.3, 0.4) is 0 Å². The molecule has 2 aliphatic heterocycles. The summed E-state index contributed by atoms with van der Waals surface area (Å²) in [6, 6.07) is 8.21. The molecule has 0 radical (unpaired) electrons. The molecule has 2 aliphatic rings. The maximum absolute atomic E-state index is 12.1. The van der Waals surface area contributed by atoms with Gasteiger partial charge in [-0.2, -0.15) is 0 Å². The van der Waals surface area contributed by atoms with E-state index in [0.29, 0.717) is 6.54 Å². The van der Waals surface area contributed by atoms with Gasteiger partial charge in [-0.05, 0) is 43.6 Å². The summed E-state index contributed by atoms with van der Waals surface area (Å²) >= 11 is 0. The minimum atomic E-state index is 0.0558. The highest BCUT2D eigenvalue weighted by atomic mass is 16.5. The second kappa shape index (κ2) is 7.72. The van der Waals surface area contributed by atoms with Crippen molar-refractivity contribution in [3.8, 4) is 0 Å². The largest absolute Gasteiger partial charge is 0.379 e. The topological polar surface area (TPSA) is 44.8 Å². The third-order valence-corrected chi connectivity index (χ3v) is 4.29. The summed E-state index contributed by atoms with van der Waals surface area (Å²) in [5, 5.41) is 3.01. The van der Waals surface area contributed by atoms with Crippen LogP contribution in [0, 0.1) is 0 Å². The van der Waals surface area contributed by atoms with E-state index in [9.17, 15) is 4.79 Å². The maximum atomic E-state index is 12.1. The molecule has 2 saturated heterocycles. The fraction of sp³-hybridized carbons (Fsp3) is 0.588. The molecule has 22 heavy (non-hydrogen) atoms. The zero-order chi connectivity index (χ0) is 15.2. The molecule has 0 unspecified atom stereocenters. The third-order valence-electron chi connectivity index (χ3n) is 4.29. The Balaban J connectivity index is 1.51. The van der Waals surface area contributed by atoms with E-state index in [1.165, 1.54) is 31.5 Å². The van der Waals surface area contributed by atoms with Gasteiger partial charge in [-0.15, -0.1) is 0 Å². The van der Waals surface area contributed by atoms with Crippen molar-refractivity contribution in [2.75, 3.05) is 51.3 Å². The lowest BCUT2D eigenvalue weighted by Crippen LogP contribution is -2.41. The Morgan fingerprint density at radius 1 is 1.09 bits per heavy atom. The number of carbonyl (C=O) groups excluding carboxylic acids is 1. The van der Waals surface area contributed by atoms with Gasteiger partial charge in [0.05, 0.1) is 19.8 Å². The molecule has 0 spiro atoms. The lowest BCUT2D eigenvalue weighted by atomic mass is 10.2. The van der Waals surface area contributed by atoms with Crippen molar-refractivity contribution in [3.63, 3.8) is 0 Å². The summed E-state index contributed by atoms with van der Waals surface area (Å²) in [7, 11) is 0. The van der Waals surface area contributed by atoms with Crippen LogP contribution in [0.15, 0.2) is 24.3 Å². The zero-order valence-corrected chi connectivity index (χ0v) is 13.1. The number of hydrogen-bond donors (Lipinski definition) is 1. The molecule has 0 aromatic heterocycles. The van der Waals surface area contributed by atoms with Crippen LogP contribution in [0.4, 0.5) is 5.69 Å². The van der Waals surface area contributed by atoms with Crippen molar-refractivity contribution >= 4 is 11.6 Å². The highest BCUT2D eigenvalue weighted by Gasteiger charge is 2.15. The molecule has 1 N–H and O–H groups in total. The van der Waals surface area contributed by atoms with Crippen LogP contribution >= 0.6 is 0 Å².